The lowest BCUT2D eigenvalue weighted by Crippen LogP contribution is -2.49. The second-order valence-corrected chi connectivity index (χ2v) is 18.5. The first-order valence-electron chi connectivity index (χ1n) is 22.0. The largest absolute Gasteiger partial charge is 0.507 e. The minimum atomic E-state index is -0.840. The van der Waals surface area contributed by atoms with Gasteiger partial charge in [0, 0.05) is 67.2 Å². The second-order valence-electron chi connectivity index (χ2n) is 17.7. The van der Waals surface area contributed by atoms with Crippen molar-refractivity contribution >= 4 is 40.1 Å². The topological polar surface area (TPSA) is 193 Å². The highest BCUT2D eigenvalue weighted by molar-refractivity contribution is 7.13. The molecule has 3 N–H and O–H groups in total. The Morgan fingerprint density at radius 3 is 2.39 bits per heavy atom. The predicted octanol–water partition coefficient (Wildman–Crippen LogP) is 6.65. The van der Waals surface area contributed by atoms with Crippen LogP contribution in [0.3, 0.4) is 0 Å². The van der Waals surface area contributed by atoms with Crippen molar-refractivity contribution in [2.24, 2.45) is 5.92 Å². The number of anilines is 1. The molecule has 3 fully saturated rings. The molecule has 1 aliphatic carbocycles. The van der Waals surface area contributed by atoms with Crippen LogP contribution in [0.15, 0.2) is 84.8 Å². The van der Waals surface area contributed by atoms with E-state index in [1.54, 1.807) is 46.7 Å². The number of aryl methyl sites for hydroxylation is 1. The molecule has 5 aromatic heterocycles. The fraction of sp³-hybridized carbons (Fsp3) is 0.383. The molecule has 10 rings (SSSR count). The van der Waals surface area contributed by atoms with Crippen LogP contribution >= 0.6 is 11.3 Å². The number of aromatic nitrogens is 9. The maximum absolute atomic E-state index is 14.3. The summed E-state index contributed by atoms with van der Waals surface area (Å²) in [6.45, 7) is 9.34. The summed E-state index contributed by atoms with van der Waals surface area (Å²) in [4.78, 5) is 46.8. The van der Waals surface area contributed by atoms with Gasteiger partial charge < -0.3 is 29.9 Å². The minimum Gasteiger partial charge on any atom is -0.507 e. The van der Waals surface area contributed by atoms with E-state index in [9.17, 15) is 19.8 Å². The Balaban J connectivity index is 0.807. The van der Waals surface area contributed by atoms with Crippen molar-refractivity contribution in [3.63, 3.8) is 0 Å². The van der Waals surface area contributed by atoms with E-state index < -0.39 is 18.2 Å². The Kier molecular flexibility index (Phi) is 10.9. The van der Waals surface area contributed by atoms with Gasteiger partial charge in [0.25, 0.3) is 0 Å². The molecule has 16 nitrogen and oxygen atoms in total. The molecule has 2 aliphatic heterocycles. The molecule has 0 bridgehead atoms. The fourth-order valence-electron chi connectivity index (χ4n) is 9.33. The number of benzene rings is 2. The van der Waals surface area contributed by atoms with Crippen molar-refractivity contribution in [2.75, 3.05) is 24.5 Å². The maximum Gasteiger partial charge on any atom is 0.248 e. The number of aliphatic hydroxyl groups excluding tert-OH is 1. The van der Waals surface area contributed by atoms with E-state index in [-0.39, 0.29) is 48.4 Å². The molecule has 2 unspecified atom stereocenters. The first-order chi connectivity index (χ1) is 31.0. The monoisotopic (exact) mass is 878 g/mol. The summed E-state index contributed by atoms with van der Waals surface area (Å²) < 4.78 is 3.97. The highest BCUT2D eigenvalue weighted by Crippen LogP contribution is 2.44. The minimum absolute atomic E-state index is 0.0448. The number of aliphatic hydroxyl groups is 1. The van der Waals surface area contributed by atoms with Gasteiger partial charge in [0.1, 0.15) is 29.0 Å². The molecular formula is C47H50N12O4S. The van der Waals surface area contributed by atoms with E-state index >= 15 is 0 Å². The summed E-state index contributed by atoms with van der Waals surface area (Å²) in [6, 6.07) is 18.0. The number of likely N-dealkylation sites (tertiary alicyclic amines) is 1. The number of amides is 2. The van der Waals surface area contributed by atoms with Gasteiger partial charge in [-0.15, -0.1) is 26.6 Å². The smallest absolute Gasteiger partial charge is 0.248 e. The number of nitrogens with zero attached hydrogens (tertiary/aromatic N) is 11. The van der Waals surface area contributed by atoms with Crippen molar-refractivity contribution in [3.8, 4) is 38.7 Å². The van der Waals surface area contributed by atoms with Gasteiger partial charge in [-0.3, -0.25) is 9.59 Å². The lowest BCUT2D eigenvalue weighted by Gasteiger charge is -2.30. The number of phenols is 1. The van der Waals surface area contributed by atoms with E-state index in [1.165, 1.54) is 10.6 Å². The summed E-state index contributed by atoms with van der Waals surface area (Å²) in [5.74, 6) is 0.231. The first kappa shape index (κ1) is 41.4. The zero-order chi connectivity index (χ0) is 44.2. The quantitative estimate of drug-likeness (QED) is 0.119. The number of nitrogens with one attached hydrogen (secondary N) is 1. The van der Waals surface area contributed by atoms with E-state index in [0.29, 0.717) is 34.5 Å². The molecule has 1 saturated carbocycles. The van der Waals surface area contributed by atoms with Crippen LogP contribution in [0.4, 0.5) is 5.95 Å². The molecule has 328 valence electrons. The third-order valence-electron chi connectivity index (χ3n) is 12.9. The number of aromatic hydroxyl groups is 1. The SMILES string of the molecule is Cc1ncsc1-c1ccc(C(C)NC(=O)[C@@H]2C[C@@H](O)CN2C(=O)C(C(C)C)n2cc(-c3cnc(N4CC[C@H](c5cc6nnc(-c7ccccc7O)cc6n5C5CC5)C4)nc3)nn2)cc1. The highest BCUT2D eigenvalue weighted by Gasteiger charge is 2.43. The molecule has 0 radical (unpaired) electrons. The highest BCUT2D eigenvalue weighted by atomic mass is 32.1. The Morgan fingerprint density at radius 2 is 1.67 bits per heavy atom. The van der Waals surface area contributed by atoms with Gasteiger partial charge in [-0.05, 0) is 74.4 Å². The third kappa shape index (κ3) is 7.87. The average molecular weight is 879 g/mol. The normalized spacial score (nSPS) is 19.8. The number of rotatable bonds is 12. The molecule has 17 heteroatoms. The number of thiazole rings is 1. The maximum atomic E-state index is 14.3. The van der Waals surface area contributed by atoms with Gasteiger partial charge >= 0.3 is 0 Å². The summed E-state index contributed by atoms with van der Waals surface area (Å²) in [5.41, 5.74) is 10.4. The van der Waals surface area contributed by atoms with Gasteiger partial charge in [-0.1, -0.05) is 55.5 Å². The number of hydrogen-bond donors (Lipinski definition) is 3. The van der Waals surface area contributed by atoms with Gasteiger partial charge in [0.2, 0.25) is 17.8 Å². The van der Waals surface area contributed by atoms with Gasteiger partial charge in [-0.2, -0.15) is 0 Å². The summed E-state index contributed by atoms with van der Waals surface area (Å²) in [5, 5.41) is 42.2. The van der Waals surface area contributed by atoms with Crippen LogP contribution in [0.25, 0.3) is 44.0 Å². The van der Waals surface area contributed by atoms with Crippen LogP contribution in [0, 0.1) is 12.8 Å². The number of carbonyl (C=O) groups excluding carboxylic acids is 2. The van der Waals surface area contributed by atoms with E-state index in [4.69, 9.17) is 9.97 Å². The number of para-hydroxylation sites is 1. The standard InChI is InChI=1S/C47H50N12O4S/c1-26(2)43(46(63)57-23-34(60)17-41(57)45(62)51-27(3)29-9-11-30(12-10-29)44-28(4)50-25-64-44)58-24-38(54-55-58)32-20-48-47(49-21-32)56-16-15-31(22-56)39-19-37-40(59(39)33-13-14-33)18-36(52-53-37)35-7-5-6-8-42(35)61/h5-12,18-21,24-27,31,33-34,41,43,60-61H,13-17,22-23H2,1-4H3,(H,51,62)/t27?,31-,34+,41-,43?/m0/s1. The number of carbonyl (C=O) groups is 2. The van der Waals surface area contributed by atoms with Gasteiger partial charge in [0.15, 0.2) is 0 Å². The third-order valence-corrected chi connectivity index (χ3v) is 13.8. The predicted molar refractivity (Wildman–Crippen MR) is 242 cm³/mol. The first-order valence-corrected chi connectivity index (χ1v) is 22.8. The molecule has 0 spiro atoms. The number of β-amino-alcohol motifs (C(OH)–C–C–N with tert-alkyl or cyclic N) is 1. The molecule has 64 heavy (non-hydrogen) atoms. The van der Waals surface area contributed by atoms with Gasteiger partial charge in [-0.25, -0.2) is 19.6 Å². The van der Waals surface area contributed by atoms with Crippen molar-refractivity contribution in [1.29, 1.82) is 0 Å². The van der Waals surface area contributed by atoms with Crippen molar-refractivity contribution < 1.29 is 19.8 Å². The summed E-state index contributed by atoms with van der Waals surface area (Å²) in [7, 11) is 0. The number of hydrogen-bond acceptors (Lipinski definition) is 13. The Labute approximate surface area is 374 Å². The molecule has 7 aromatic rings. The van der Waals surface area contributed by atoms with Crippen LogP contribution in [0.5, 0.6) is 5.75 Å². The number of phenolic OH excluding ortho intramolecular Hbond substituents is 1. The molecule has 5 atom stereocenters. The molecule has 7 heterocycles. The zero-order valence-corrected chi connectivity index (χ0v) is 36.9. The van der Waals surface area contributed by atoms with E-state index in [2.05, 4.69) is 46.3 Å². The molecule has 2 aromatic carbocycles. The molecular weight excluding hydrogens is 829 g/mol. The zero-order valence-electron chi connectivity index (χ0n) is 36.1. The van der Waals surface area contributed by atoms with E-state index in [1.807, 2.05) is 75.7 Å². The lowest BCUT2D eigenvalue weighted by molar-refractivity contribution is -0.142. The summed E-state index contributed by atoms with van der Waals surface area (Å²) in [6.07, 6.45) is 7.67. The molecule has 2 saturated heterocycles. The van der Waals surface area contributed by atoms with Crippen LogP contribution < -0.4 is 10.2 Å². The molecule has 2 amide bonds. The Morgan fingerprint density at radius 1 is 0.891 bits per heavy atom. The van der Waals surface area contributed by atoms with Crippen molar-refractivity contribution in [1.82, 2.24) is 54.9 Å². The Hall–Kier alpha value is -6.59. The van der Waals surface area contributed by atoms with Crippen LogP contribution in [0.1, 0.15) is 87.4 Å². The van der Waals surface area contributed by atoms with Crippen LogP contribution in [0.2, 0.25) is 0 Å². The second kappa shape index (κ2) is 16.8. The molecule has 3 aliphatic rings. The Bertz CT molecular complexity index is 2830. The number of fused-ring (bicyclic) bond motifs is 1. The van der Waals surface area contributed by atoms with Crippen molar-refractivity contribution in [2.45, 2.75) is 89.6 Å². The van der Waals surface area contributed by atoms with Crippen LogP contribution in [-0.4, -0.2) is 103 Å². The van der Waals surface area contributed by atoms with E-state index in [0.717, 1.165) is 65.1 Å². The van der Waals surface area contributed by atoms with Gasteiger partial charge in [0.05, 0.1) is 45.6 Å². The average Bonchev–Trinajstić information content (AvgIpc) is 3.81. The summed E-state index contributed by atoms with van der Waals surface area (Å²) >= 11 is 1.59. The fourth-order valence-corrected chi connectivity index (χ4v) is 10.1. The van der Waals surface area contributed by atoms with Crippen molar-refractivity contribution in [3.05, 3.63) is 102 Å². The van der Waals surface area contributed by atoms with Crippen LogP contribution in [-0.2, 0) is 9.59 Å². The lowest BCUT2D eigenvalue weighted by atomic mass is 10.0.